The van der Waals surface area contributed by atoms with Crippen molar-refractivity contribution in [2.24, 2.45) is 0 Å². The summed E-state index contributed by atoms with van der Waals surface area (Å²) < 4.78 is 11.2. The number of fused-ring (bicyclic) bond motifs is 1. The first-order chi connectivity index (χ1) is 13.6. The molecular formula is C22H27N3O3. The summed E-state index contributed by atoms with van der Waals surface area (Å²) in [4.78, 5) is 19.7. The Bertz CT molecular complexity index is 972. The van der Waals surface area contributed by atoms with E-state index < -0.39 is 0 Å². The van der Waals surface area contributed by atoms with E-state index in [1.807, 2.05) is 29.2 Å². The van der Waals surface area contributed by atoms with Gasteiger partial charge in [-0.3, -0.25) is 4.79 Å². The molecular weight excluding hydrogens is 354 g/mol. The molecule has 1 aliphatic rings. The predicted octanol–water partition coefficient (Wildman–Crippen LogP) is 5.26. The van der Waals surface area contributed by atoms with Gasteiger partial charge in [0, 0.05) is 30.5 Å². The Morgan fingerprint density at radius 2 is 2.18 bits per heavy atom. The first kappa shape index (κ1) is 18.7. The molecule has 0 unspecified atom stereocenters. The summed E-state index contributed by atoms with van der Waals surface area (Å²) in [7, 11) is 0. The number of benzene rings is 1. The van der Waals surface area contributed by atoms with E-state index in [1.54, 1.807) is 0 Å². The number of aryl methyl sites for hydroxylation is 1. The smallest absolute Gasteiger partial charge is 0.254 e. The molecule has 1 amide bonds. The SMILES string of the molecule is CCCCc1nc2cc(C(=O)N3CCC[C@@H]3c3cc(C(C)C)on3)ccc2o1. The number of rotatable bonds is 6. The van der Waals surface area contributed by atoms with Gasteiger partial charge in [0.2, 0.25) is 0 Å². The van der Waals surface area contributed by atoms with Crippen molar-refractivity contribution in [2.75, 3.05) is 6.54 Å². The van der Waals surface area contributed by atoms with Gasteiger partial charge in [-0.05, 0) is 37.5 Å². The number of unbranched alkanes of at least 4 members (excludes halogenated alkanes) is 1. The average Bonchev–Trinajstić information content (AvgIpc) is 3.43. The van der Waals surface area contributed by atoms with E-state index in [2.05, 4.69) is 30.9 Å². The molecule has 28 heavy (non-hydrogen) atoms. The highest BCUT2D eigenvalue weighted by Gasteiger charge is 2.33. The zero-order valence-electron chi connectivity index (χ0n) is 16.8. The van der Waals surface area contributed by atoms with Crippen LogP contribution in [-0.2, 0) is 6.42 Å². The summed E-state index contributed by atoms with van der Waals surface area (Å²) in [6.45, 7) is 7.02. The van der Waals surface area contributed by atoms with Crippen molar-refractivity contribution in [3.8, 4) is 0 Å². The number of hydrogen-bond donors (Lipinski definition) is 0. The Labute approximate surface area is 164 Å². The minimum absolute atomic E-state index is 0.0107. The zero-order chi connectivity index (χ0) is 19.7. The van der Waals surface area contributed by atoms with Crippen molar-refractivity contribution < 1.29 is 13.7 Å². The summed E-state index contributed by atoms with van der Waals surface area (Å²) in [5.74, 6) is 1.89. The quantitative estimate of drug-likeness (QED) is 0.582. The monoisotopic (exact) mass is 381 g/mol. The van der Waals surface area contributed by atoms with E-state index in [1.165, 1.54) is 0 Å². The maximum Gasteiger partial charge on any atom is 0.254 e. The van der Waals surface area contributed by atoms with Crippen molar-refractivity contribution in [3.63, 3.8) is 0 Å². The lowest BCUT2D eigenvalue weighted by molar-refractivity contribution is 0.0731. The fourth-order valence-electron chi connectivity index (χ4n) is 3.76. The number of nitrogens with zero attached hydrogens (tertiary/aromatic N) is 3. The second-order valence-electron chi connectivity index (χ2n) is 7.86. The van der Waals surface area contributed by atoms with Crippen molar-refractivity contribution in [1.29, 1.82) is 0 Å². The molecule has 0 radical (unpaired) electrons. The van der Waals surface area contributed by atoms with Gasteiger partial charge in [-0.1, -0.05) is 32.3 Å². The van der Waals surface area contributed by atoms with Crippen LogP contribution in [0, 0.1) is 0 Å². The van der Waals surface area contributed by atoms with Gasteiger partial charge >= 0.3 is 0 Å². The highest BCUT2D eigenvalue weighted by molar-refractivity contribution is 5.97. The largest absolute Gasteiger partial charge is 0.441 e. The van der Waals surface area contributed by atoms with Crippen LogP contribution in [0.2, 0.25) is 0 Å². The second kappa shape index (κ2) is 7.78. The van der Waals surface area contributed by atoms with Gasteiger partial charge in [-0.2, -0.15) is 0 Å². The molecule has 1 saturated heterocycles. The molecule has 0 saturated carbocycles. The van der Waals surface area contributed by atoms with Gasteiger partial charge in [0.1, 0.15) is 17.0 Å². The van der Waals surface area contributed by atoms with Crippen LogP contribution in [0.3, 0.4) is 0 Å². The molecule has 1 atom stereocenters. The van der Waals surface area contributed by atoms with E-state index in [9.17, 15) is 4.79 Å². The lowest BCUT2D eigenvalue weighted by Crippen LogP contribution is -2.30. The first-order valence-corrected chi connectivity index (χ1v) is 10.2. The molecule has 6 heteroatoms. The highest BCUT2D eigenvalue weighted by atomic mass is 16.5. The fraction of sp³-hybridized carbons (Fsp3) is 0.500. The third kappa shape index (κ3) is 3.55. The number of oxazole rings is 1. The van der Waals surface area contributed by atoms with Crippen molar-refractivity contribution in [2.45, 2.75) is 64.8 Å². The van der Waals surface area contributed by atoms with Crippen molar-refractivity contribution in [3.05, 3.63) is 47.2 Å². The minimum atomic E-state index is -0.0307. The van der Waals surface area contributed by atoms with Gasteiger partial charge < -0.3 is 13.8 Å². The van der Waals surface area contributed by atoms with Gasteiger partial charge in [0.05, 0.1) is 6.04 Å². The van der Waals surface area contributed by atoms with E-state index >= 15 is 0 Å². The number of carbonyl (C=O) groups is 1. The summed E-state index contributed by atoms with van der Waals surface area (Å²) >= 11 is 0. The number of likely N-dealkylation sites (tertiary alicyclic amines) is 1. The van der Waals surface area contributed by atoms with Gasteiger partial charge in [0.25, 0.3) is 5.91 Å². The normalized spacial score (nSPS) is 17.1. The Balaban J connectivity index is 1.56. The number of hydrogen-bond acceptors (Lipinski definition) is 5. The standard InChI is InChI=1S/C22H27N3O3/c1-4-5-8-21-23-17-12-15(9-10-19(17)27-21)22(26)25-11-6-7-18(25)16-13-20(14(2)3)28-24-16/h9-10,12-14,18H,4-8,11H2,1-3H3/t18-/m1/s1. The van der Waals surface area contributed by atoms with E-state index in [4.69, 9.17) is 8.94 Å². The number of carbonyl (C=O) groups excluding carboxylic acids is 1. The van der Waals surface area contributed by atoms with Crippen LogP contribution in [0.5, 0.6) is 0 Å². The molecule has 3 heterocycles. The summed E-state index contributed by atoms with van der Waals surface area (Å²) in [6.07, 6.45) is 4.84. The third-order valence-electron chi connectivity index (χ3n) is 5.39. The van der Waals surface area contributed by atoms with E-state index in [-0.39, 0.29) is 17.9 Å². The molecule has 6 nitrogen and oxygen atoms in total. The average molecular weight is 381 g/mol. The van der Waals surface area contributed by atoms with Gasteiger partial charge in [0.15, 0.2) is 11.5 Å². The second-order valence-corrected chi connectivity index (χ2v) is 7.86. The Hall–Kier alpha value is -2.63. The van der Waals surface area contributed by atoms with E-state index in [0.717, 1.165) is 67.1 Å². The zero-order valence-corrected chi connectivity index (χ0v) is 16.8. The molecule has 0 aliphatic carbocycles. The minimum Gasteiger partial charge on any atom is -0.441 e. The summed E-state index contributed by atoms with van der Waals surface area (Å²) in [5, 5.41) is 4.23. The predicted molar refractivity (Wildman–Crippen MR) is 106 cm³/mol. The molecule has 0 bridgehead atoms. The molecule has 4 rings (SSSR count). The Morgan fingerprint density at radius 1 is 1.32 bits per heavy atom. The lowest BCUT2D eigenvalue weighted by atomic mass is 10.1. The molecule has 0 spiro atoms. The first-order valence-electron chi connectivity index (χ1n) is 10.2. The Morgan fingerprint density at radius 3 is 2.93 bits per heavy atom. The maximum absolute atomic E-state index is 13.2. The summed E-state index contributed by atoms with van der Waals surface area (Å²) in [6, 6.07) is 7.48. The molecule has 1 fully saturated rings. The molecule has 2 aromatic heterocycles. The van der Waals surface area contributed by atoms with Gasteiger partial charge in [-0.15, -0.1) is 0 Å². The molecule has 148 valence electrons. The molecule has 1 aromatic carbocycles. The van der Waals surface area contributed by atoms with Crippen LogP contribution in [0.4, 0.5) is 0 Å². The summed E-state index contributed by atoms with van der Waals surface area (Å²) in [5.41, 5.74) is 2.97. The van der Waals surface area contributed by atoms with Gasteiger partial charge in [-0.25, -0.2) is 4.98 Å². The highest BCUT2D eigenvalue weighted by Crippen LogP contribution is 2.34. The van der Waals surface area contributed by atoms with Crippen LogP contribution < -0.4 is 0 Å². The van der Waals surface area contributed by atoms with Crippen LogP contribution in [-0.4, -0.2) is 27.5 Å². The topological polar surface area (TPSA) is 72.4 Å². The Kier molecular flexibility index (Phi) is 5.20. The van der Waals surface area contributed by atoms with E-state index in [0.29, 0.717) is 5.56 Å². The van der Waals surface area contributed by atoms with Crippen LogP contribution >= 0.6 is 0 Å². The fourth-order valence-corrected chi connectivity index (χ4v) is 3.76. The van der Waals surface area contributed by atoms with Crippen LogP contribution in [0.25, 0.3) is 11.1 Å². The maximum atomic E-state index is 13.2. The molecule has 1 aliphatic heterocycles. The molecule has 3 aromatic rings. The van der Waals surface area contributed by atoms with Crippen molar-refractivity contribution in [1.82, 2.24) is 15.0 Å². The number of amides is 1. The molecule has 0 N–H and O–H groups in total. The van der Waals surface area contributed by atoms with Crippen LogP contribution in [0.1, 0.15) is 86.1 Å². The third-order valence-corrected chi connectivity index (χ3v) is 5.39. The number of aromatic nitrogens is 2. The van der Waals surface area contributed by atoms with Crippen LogP contribution in [0.15, 0.2) is 33.2 Å². The lowest BCUT2D eigenvalue weighted by Gasteiger charge is -2.23. The van der Waals surface area contributed by atoms with Crippen molar-refractivity contribution >= 4 is 17.0 Å².